The van der Waals surface area contributed by atoms with Crippen LogP contribution in [0.1, 0.15) is 29.2 Å². The molecule has 0 saturated carbocycles. The fourth-order valence-corrected chi connectivity index (χ4v) is 6.88. The first-order valence-corrected chi connectivity index (χ1v) is 12.2. The lowest BCUT2D eigenvalue weighted by Crippen LogP contribution is -2.40. The molecule has 10 heteroatoms. The second kappa shape index (κ2) is 8.30. The summed E-state index contributed by atoms with van der Waals surface area (Å²) in [6.45, 7) is 3.79. The van der Waals surface area contributed by atoms with Gasteiger partial charge in [0.25, 0.3) is 0 Å². The van der Waals surface area contributed by atoms with Gasteiger partial charge in [0.05, 0.1) is 15.8 Å². The smallest absolute Gasteiger partial charge is 0.309 e. The van der Waals surface area contributed by atoms with Gasteiger partial charge in [0.1, 0.15) is 17.2 Å². The summed E-state index contributed by atoms with van der Waals surface area (Å²) in [5, 5.41) is 5.30. The number of esters is 1. The van der Waals surface area contributed by atoms with Crippen LogP contribution in [0.4, 0.5) is 0 Å². The molecule has 3 aromatic rings. The maximum absolute atomic E-state index is 12.9. The molecule has 1 aromatic carbocycles. The Hall–Kier alpha value is -1.94. The molecule has 0 unspecified atom stereocenters. The summed E-state index contributed by atoms with van der Waals surface area (Å²) in [6, 6.07) is 7.78. The summed E-state index contributed by atoms with van der Waals surface area (Å²) >= 11 is 7.91. The van der Waals surface area contributed by atoms with E-state index in [1.165, 1.54) is 15.6 Å². The maximum Gasteiger partial charge on any atom is 0.309 e. The van der Waals surface area contributed by atoms with Gasteiger partial charge in [-0.3, -0.25) is 4.79 Å². The van der Waals surface area contributed by atoms with Crippen molar-refractivity contribution in [1.82, 2.24) is 9.46 Å². The first-order valence-electron chi connectivity index (χ1n) is 9.54. The molecule has 1 saturated heterocycles. The van der Waals surface area contributed by atoms with Crippen molar-refractivity contribution < 1.29 is 22.5 Å². The van der Waals surface area contributed by atoms with Crippen LogP contribution in [-0.4, -0.2) is 36.9 Å². The molecule has 0 radical (unpaired) electrons. The van der Waals surface area contributed by atoms with Gasteiger partial charge in [-0.25, -0.2) is 8.42 Å². The van der Waals surface area contributed by atoms with Crippen LogP contribution in [-0.2, 0) is 26.2 Å². The number of carbonyl (C=O) groups excluding carboxylic acids is 1. The first-order chi connectivity index (χ1) is 14.3. The van der Waals surface area contributed by atoms with E-state index in [1.807, 2.05) is 24.3 Å². The van der Waals surface area contributed by atoms with Crippen LogP contribution < -0.4 is 0 Å². The van der Waals surface area contributed by atoms with Gasteiger partial charge in [-0.05, 0) is 32.8 Å². The zero-order chi connectivity index (χ0) is 21.5. The minimum atomic E-state index is -3.70. The van der Waals surface area contributed by atoms with Gasteiger partial charge in [0.2, 0.25) is 10.0 Å². The van der Waals surface area contributed by atoms with Crippen molar-refractivity contribution in [1.29, 1.82) is 0 Å². The van der Waals surface area contributed by atoms with Crippen molar-refractivity contribution in [3.05, 3.63) is 45.6 Å². The van der Waals surface area contributed by atoms with Crippen molar-refractivity contribution in [2.45, 2.75) is 38.2 Å². The molecule has 1 aliphatic heterocycles. The van der Waals surface area contributed by atoms with E-state index in [0.29, 0.717) is 23.6 Å². The number of hydrogen-bond acceptors (Lipinski definition) is 7. The standard InChI is InChI=1S/C20H21ClN2O5S2/c1-12-19(13(2)28-22-12)30(25,26)23-9-7-14(8-10-23)20(24)27-11-17-18(21)15-5-3-4-6-16(15)29-17/h3-6,14H,7-11H2,1-2H3. The molecule has 4 rings (SSSR count). The quantitative estimate of drug-likeness (QED) is 0.518. The number of aryl methyl sites for hydroxylation is 2. The number of ether oxygens (including phenoxy) is 1. The van der Waals surface area contributed by atoms with Gasteiger partial charge < -0.3 is 9.26 Å². The fourth-order valence-electron chi connectivity index (χ4n) is 3.72. The lowest BCUT2D eigenvalue weighted by molar-refractivity contribution is -0.151. The predicted octanol–water partition coefficient (Wildman–Crippen LogP) is 4.30. The second-order valence-electron chi connectivity index (χ2n) is 7.27. The molecule has 160 valence electrons. The monoisotopic (exact) mass is 468 g/mol. The molecule has 0 spiro atoms. The summed E-state index contributed by atoms with van der Waals surface area (Å²) < 4.78 is 38.7. The van der Waals surface area contributed by atoms with E-state index in [9.17, 15) is 13.2 Å². The Morgan fingerprint density at radius 2 is 2.00 bits per heavy atom. The van der Waals surface area contributed by atoms with E-state index in [0.717, 1.165) is 15.0 Å². The average molecular weight is 469 g/mol. The number of halogens is 1. The van der Waals surface area contributed by atoms with Crippen LogP contribution >= 0.6 is 22.9 Å². The summed E-state index contributed by atoms with van der Waals surface area (Å²) in [5.41, 5.74) is 0.342. The van der Waals surface area contributed by atoms with Crippen molar-refractivity contribution in [3.8, 4) is 0 Å². The summed E-state index contributed by atoms with van der Waals surface area (Å²) in [6.07, 6.45) is 0.809. The van der Waals surface area contributed by atoms with E-state index >= 15 is 0 Å². The molecular formula is C20H21ClN2O5S2. The fraction of sp³-hybridized carbons (Fsp3) is 0.400. The number of rotatable bonds is 5. The molecule has 7 nitrogen and oxygen atoms in total. The molecule has 3 heterocycles. The molecule has 30 heavy (non-hydrogen) atoms. The molecule has 1 aliphatic rings. The van der Waals surface area contributed by atoms with Crippen molar-refractivity contribution in [2.75, 3.05) is 13.1 Å². The van der Waals surface area contributed by atoms with Crippen LogP contribution in [0.2, 0.25) is 5.02 Å². The van der Waals surface area contributed by atoms with Gasteiger partial charge in [0, 0.05) is 23.2 Å². The molecule has 2 aromatic heterocycles. The number of sulfonamides is 1. The Bertz CT molecular complexity index is 1170. The molecular weight excluding hydrogens is 448 g/mol. The number of aromatic nitrogens is 1. The zero-order valence-electron chi connectivity index (χ0n) is 16.6. The summed E-state index contributed by atoms with van der Waals surface area (Å²) in [4.78, 5) is 13.5. The summed E-state index contributed by atoms with van der Waals surface area (Å²) in [5.74, 6) is -0.388. The third-order valence-electron chi connectivity index (χ3n) is 5.30. The number of fused-ring (bicyclic) bond motifs is 1. The Labute approximate surface area is 183 Å². The van der Waals surface area contributed by atoms with E-state index in [1.54, 1.807) is 13.8 Å². The SMILES string of the molecule is Cc1noc(C)c1S(=O)(=O)N1CCC(C(=O)OCc2sc3ccccc3c2Cl)CC1. The first kappa shape index (κ1) is 21.3. The third-order valence-corrected chi connectivity index (χ3v) is 9.13. The minimum Gasteiger partial charge on any atom is -0.460 e. The van der Waals surface area contributed by atoms with Gasteiger partial charge in [0.15, 0.2) is 5.76 Å². The highest BCUT2D eigenvalue weighted by Gasteiger charge is 2.36. The highest BCUT2D eigenvalue weighted by Crippen LogP contribution is 2.36. The number of nitrogens with zero attached hydrogens (tertiary/aromatic N) is 2. The van der Waals surface area contributed by atoms with Crippen LogP contribution in [0.3, 0.4) is 0 Å². The van der Waals surface area contributed by atoms with Crippen molar-refractivity contribution >= 4 is 49.0 Å². The molecule has 0 atom stereocenters. The molecule has 0 N–H and O–H groups in total. The Kier molecular flexibility index (Phi) is 5.89. The average Bonchev–Trinajstić information content (AvgIpc) is 3.25. The van der Waals surface area contributed by atoms with Crippen LogP contribution in [0.5, 0.6) is 0 Å². The van der Waals surface area contributed by atoms with E-state index in [-0.39, 0.29) is 42.2 Å². The highest BCUT2D eigenvalue weighted by atomic mass is 35.5. The lowest BCUT2D eigenvalue weighted by atomic mass is 9.98. The number of thiophene rings is 1. The van der Waals surface area contributed by atoms with Crippen LogP contribution in [0, 0.1) is 19.8 Å². The topological polar surface area (TPSA) is 89.7 Å². The predicted molar refractivity (Wildman–Crippen MR) is 114 cm³/mol. The highest BCUT2D eigenvalue weighted by molar-refractivity contribution is 7.89. The lowest BCUT2D eigenvalue weighted by Gasteiger charge is -2.29. The molecule has 0 aliphatic carbocycles. The van der Waals surface area contributed by atoms with Crippen molar-refractivity contribution in [3.63, 3.8) is 0 Å². The Balaban J connectivity index is 1.37. The van der Waals surface area contributed by atoms with Crippen molar-refractivity contribution in [2.24, 2.45) is 5.92 Å². The maximum atomic E-state index is 12.9. The zero-order valence-corrected chi connectivity index (χ0v) is 18.9. The second-order valence-corrected chi connectivity index (χ2v) is 10.7. The van der Waals surface area contributed by atoms with Gasteiger partial charge in [-0.1, -0.05) is 35.0 Å². The molecule has 1 fully saturated rings. The number of piperidine rings is 1. The minimum absolute atomic E-state index is 0.114. The Morgan fingerprint density at radius 3 is 2.63 bits per heavy atom. The third kappa shape index (κ3) is 3.87. The van der Waals surface area contributed by atoms with E-state index in [4.69, 9.17) is 20.9 Å². The van der Waals surface area contributed by atoms with Crippen LogP contribution in [0.25, 0.3) is 10.1 Å². The van der Waals surface area contributed by atoms with Gasteiger partial charge in [-0.2, -0.15) is 4.31 Å². The molecule has 0 amide bonds. The van der Waals surface area contributed by atoms with Crippen LogP contribution in [0.15, 0.2) is 33.7 Å². The largest absolute Gasteiger partial charge is 0.460 e. The van der Waals surface area contributed by atoms with Gasteiger partial charge in [-0.15, -0.1) is 11.3 Å². The molecule has 0 bridgehead atoms. The van der Waals surface area contributed by atoms with E-state index in [2.05, 4.69) is 5.16 Å². The number of carbonyl (C=O) groups is 1. The number of benzene rings is 1. The normalized spacial score (nSPS) is 16.2. The number of hydrogen-bond donors (Lipinski definition) is 0. The Morgan fingerprint density at radius 1 is 1.30 bits per heavy atom. The summed E-state index contributed by atoms with van der Waals surface area (Å²) in [7, 11) is -3.70. The van der Waals surface area contributed by atoms with E-state index < -0.39 is 10.0 Å². The van der Waals surface area contributed by atoms with Gasteiger partial charge >= 0.3 is 5.97 Å².